The molecule has 3 rings (SSSR count). The number of nitrogens with one attached hydrogen (secondary N) is 2. The summed E-state index contributed by atoms with van der Waals surface area (Å²) in [5.41, 5.74) is 1.18. The lowest BCUT2D eigenvalue weighted by atomic mass is 10.0. The maximum atomic E-state index is 12.4. The molecule has 7 heteroatoms. The number of ether oxygens (including phenoxy) is 2. The number of carbonyl (C=O) groups excluding carboxylic acids is 1. The van der Waals surface area contributed by atoms with Gasteiger partial charge >= 0.3 is 0 Å². The lowest BCUT2D eigenvalue weighted by Crippen LogP contribution is -3.15. The van der Waals surface area contributed by atoms with Crippen molar-refractivity contribution in [2.75, 3.05) is 40.0 Å². The minimum Gasteiger partial charge on any atom is -0.497 e. The van der Waals surface area contributed by atoms with Crippen LogP contribution in [0.5, 0.6) is 5.75 Å². The van der Waals surface area contributed by atoms with Crippen molar-refractivity contribution in [1.29, 1.82) is 0 Å². The van der Waals surface area contributed by atoms with Gasteiger partial charge in [-0.25, -0.2) is 0 Å². The van der Waals surface area contributed by atoms with E-state index in [1.165, 1.54) is 21.8 Å². The lowest BCUT2D eigenvalue weighted by Gasteiger charge is -2.32. The number of methoxy groups -OCH3 is 1. The number of rotatable bonds is 6. The SMILES string of the molecule is COc1ccc([C@H](CNC(=O)c2ccc(Cl)s2)[NH+]2CCOCC2)cc1. The molecule has 1 aromatic heterocycles. The Morgan fingerprint density at radius 1 is 1.28 bits per heavy atom. The van der Waals surface area contributed by atoms with E-state index in [4.69, 9.17) is 21.1 Å². The van der Waals surface area contributed by atoms with Gasteiger partial charge in [0.2, 0.25) is 0 Å². The average Bonchev–Trinajstić information content (AvgIpc) is 3.10. The lowest BCUT2D eigenvalue weighted by molar-refractivity contribution is -0.937. The summed E-state index contributed by atoms with van der Waals surface area (Å²) in [5.74, 6) is 0.750. The monoisotopic (exact) mass is 381 g/mol. The van der Waals surface area contributed by atoms with Gasteiger partial charge in [-0.15, -0.1) is 11.3 Å². The first kappa shape index (κ1) is 18.2. The highest BCUT2D eigenvalue weighted by molar-refractivity contribution is 7.17. The Labute approximate surface area is 156 Å². The van der Waals surface area contributed by atoms with Crippen molar-refractivity contribution in [3.05, 3.63) is 51.2 Å². The Balaban J connectivity index is 1.72. The molecule has 1 fully saturated rings. The van der Waals surface area contributed by atoms with Gasteiger partial charge < -0.3 is 19.7 Å². The molecule has 0 radical (unpaired) electrons. The summed E-state index contributed by atoms with van der Waals surface area (Å²) in [6.45, 7) is 3.91. The standard InChI is InChI=1S/C18H21ClN2O3S/c1-23-14-4-2-13(3-5-14)15(21-8-10-24-11-9-21)12-20-18(22)16-6-7-17(19)25-16/h2-7,15H,8-12H2,1H3,(H,20,22)/p+1/t15-/m0/s1. The highest BCUT2D eigenvalue weighted by atomic mass is 35.5. The number of quaternary nitrogens is 1. The largest absolute Gasteiger partial charge is 0.497 e. The molecule has 1 saturated heterocycles. The molecule has 1 amide bonds. The van der Waals surface area contributed by atoms with E-state index in [0.29, 0.717) is 15.8 Å². The second-order valence-corrected chi connectivity index (χ2v) is 7.63. The summed E-state index contributed by atoms with van der Waals surface area (Å²) in [7, 11) is 1.66. The highest BCUT2D eigenvalue weighted by Crippen LogP contribution is 2.21. The zero-order valence-corrected chi connectivity index (χ0v) is 15.7. The maximum absolute atomic E-state index is 12.4. The van der Waals surface area contributed by atoms with E-state index in [2.05, 4.69) is 17.4 Å². The van der Waals surface area contributed by atoms with E-state index < -0.39 is 0 Å². The molecule has 0 bridgehead atoms. The van der Waals surface area contributed by atoms with Crippen LogP contribution in [0, 0.1) is 0 Å². The first-order valence-corrected chi connectivity index (χ1v) is 9.46. The molecule has 1 aromatic carbocycles. The average molecular weight is 382 g/mol. The number of halogens is 1. The van der Waals surface area contributed by atoms with Crippen molar-refractivity contribution in [3.8, 4) is 5.75 Å². The Kier molecular flexibility index (Phi) is 6.31. The molecular weight excluding hydrogens is 360 g/mol. The fourth-order valence-corrected chi connectivity index (χ4v) is 3.99. The zero-order valence-electron chi connectivity index (χ0n) is 14.1. The number of morpholine rings is 1. The van der Waals surface area contributed by atoms with Crippen LogP contribution in [0.15, 0.2) is 36.4 Å². The summed E-state index contributed by atoms with van der Waals surface area (Å²) in [4.78, 5) is 14.4. The van der Waals surface area contributed by atoms with Crippen molar-refractivity contribution in [2.24, 2.45) is 0 Å². The highest BCUT2D eigenvalue weighted by Gasteiger charge is 2.27. The Bertz CT molecular complexity index is 699. The third-order valence-electron chi connectivity index (χ3n) is 4.41. The van der Waals surface area contributed by atoms with Crippen LogP contribution in [0.3, 0.4) is 0 Å². The zero-order chi connectivity index (χ0) is 17.6. The fraction of sp³-hybridized carbons (Fsp3) is 0.389. The predicted molar refractivity (Wildman–Crippen MR) is 98.9 cm³/mol. The van der Waals surface area contributed by atoms with Gasteiger partial charge in [0.25, 0.3) is 5.91 Å². The number of carbonyl (C=O) groups is 1. The summed E-state index contributed by atoms with van der Waals surface area (Å²) < 4.78 is 11.3. The Hall–Kier alpha value is -1.60. The molecule has 2 heterocycles. The predicted octanol–water partition coefficient (Wildman–Crippen LogP) is 1.80. The molecule has 1 aliphatic rings. The molecule has 1 atom stereocenters. The van der Waals surface area contributed by atoms with Gasteiger partial charge in [-0.2, -0.15) is 0 Å². The molecule has 0 spiro atoms. The minimum atomic E-state index is -0.0805. The summed E-state index contributed by atoms with van der Waals surface area (Å²) in [6, 6.07) is 11.7. The van der Waals surface area contributed by atoms with E-state index in [9.17, 15) is 4.79 Å². The smallest absolute Gasteiger partial charge is 0.261 e. The maximum Gasteiger partial charge on any atom is 0.261 e. The third-order valence-corrected chi connectivity index (χ3v) is 5.64. The number of hydrogen-bond donors (Lipinski definition) is 2. The van der Waals surface area contributed by atoms with Crippen molar-refractivity contribution < 1.29 is 19.2 Å². The molecular formula is C18H22ClN2O3S+. The van der Waals surface area contributed by atoms with Gasteiger partial charge in [-0.3, -0.25) is 4.79 Å². The molecule has 0 unspecified atom stereocenters. The first-order valence-electron chi connectivity index (χ1n) is 8.27. The number of benzene rings is 1. The van der Waals surface area contributed by atoms with Crippen LogP contribution < -0.4 is 15.0 Å². The van der Waals surface area contributed by atoms with Gasteiger partial charge in [0, 0.05) is 5.56 Å². The number of amides is 1. The molecule has 0 aliphatic carbocycles. The van der Waals surface area contributed by atoms with E-state index in [0.717, 1.165) is 32.1 Å². The van der Waals surface area contributed by atoms with Gasteiger partial charge in [0.05, 0.1) is 36.1 Å². The molecule has 134 valence electrons. The summed E-state index contributed by atoms with van der Waals surface area (Å²) in [5, 5.41) is 3.06. The minimum absolute atomic E-state index is 0.0805. The van der Waals surface area contributed by atoms with E-state index in [-0.39, 0.29) is 11.9 Å². The normalized spacial score (nSPS) is 16.4. The number of hydrogen-bond acceptors (Lipinski definition) is 4. The van der Waals surface area contributed by atoms with Gasteiger partial charge in [0.1, 0.15) is 24.9 Å². The molecule has 1 aliphatic heterocycles. The summed E-state index contributed by atoms with van der Waals surface area (Å²) >= 11 is 7.22. The molecule has 2 aromatic rings. The molecule has 0 saturated carbocycles. The van der Waals surface area contributed by atoms with Crippen LogP contribution in [0.2, 0.25) is 4.34 Å². The van der Waals surface area contributed by atoms with Crippen molar-refractivity contribution in [3.63, 3.8) is 0 Å². The molecule has 25 heavy (non-hydrogen) atoms. The van der Waals surface area contributed by atoms with Crippen LogP contribution in [-0.2, 0) is 4.74 Å². The van der Waals surface area contributed by atoms with Gasteiger partial charge in [0.15, 0.2) is 0 Å². The van der Waals surface area contributed by atoms with E-state index >= 15 is 0 Å². The molecule has 5 nitrogen and oxygen atoms in total. The van der Waals surface area contributed by atoms with Gasteiger partial charge in [-0.05, 0) is 36.4 Å². The fourth-order valence-electron chi connectivity index (χ4n) is 3.03. The second kappa shape index (κ2) is 8.67. The van der Waals surface area contributed by atoms with E-state index in [1.54, 1.807) is 19.2 Å². The van der Waals surface area contributed by atoms with Gasteiger partial charge in [-0.1, -0.05) is 11.6 Å². The third kappa shape index (κ3) is 4.73. The molecule has 2 N–H and O–H groups in total. The summed E-state index contributed by atoms with van der Waals surface area (Å²) in [6.07, 6.45) is 0. The Morgan fingerprint density at radius 3 is 2.60 bits per heavy atom. The Morgan fingerprint density at radius 2 is 2.00 bits per heavy atom. The quantitative estimate of drug-likeness (QED) is 0.802. The van der Waals surface area contributed by atoms with Crippen LogP contribution in [0.4, 0.5) is 0 Å². The van der Waals surface area contributed by atoms with Crippen molar-refractivity contribution in [2.45, 2.75) is 6.04 Å². The van der Waals surface area contributed by atoms with E-state index in [1.807, 2.05) is 12.1 Å². The van der Waals surface area contributed by atoms with Crippen molar-refractivity contribution >= 4 is 28.8 Å². The van der Waals surface area contributed by atoms with Crippen LogP contribution >= 0.6 is 22.9 Å². The first-order chi connectivity index (χ1) is 12.2. The van der Waals surface area contributed by atoms with Crippen LogP contribution in [-0.4, -0.2) is 45.9 Å². The topological polar surface area (TPSA) is 52.0 Å². The second-order valence-electron chi connectivity index (χ2n) is 5.91. The van der Waals surface area contributed by atoms with Crippen LogP contribution in [0.25, 0.3) is 0 Å². The number of thiophene rings is 1. The van der Waals surface area contributed by atoms with Crippen LogP contribution in [0.1, 0.15) is 21.3 Å². The van der Waals surface area contributed by atoms with Crippen molar-refractivity contribution in [1.82, 2.24) is 5.32 Å².